The fraction of sp³-hybridized carbons (Fsp3) is 0.182. The molecule has 0 bridgehead atoms. The molecule has 126 valence electrons. The van der Waals surface area contributed by atoms with Crippen molar-refractivity contribution in [1.29, 1.82) is 0 Å². The molecule has 0 spiro atoms. The molecule has 0 aliphatic carbocycles. The maximum atomic E-state index is 9.71. The van der Waals surface area contributed by atoms with Gasteiger partial charge in [0.15, 0.2) is 0 Å². The van der Waals surface area contributed by atoms with E-state index < -0.39 is 5.60 Å². The van der Waals surface area contributed by atoms with Crippen LogP contribution < -0.4 is 4.90 Å². The van der Waals surface area contributed by atoms with Gasteiger partial charge in [-0.2, -0.15) is 0 Å². The number of aliphatic hydroxyl groups is 1. The van der Waals surface area contributed by atoms with Gasteiger partial charge in [-0.15, -0.1) is 0 Å². The second-order valence-corrected chi connectivity index (χ2v) is 6.86. The van der Waals surface area contributed by atoms with Crippen LogP contribution in [-0.2, 0) is 0 Å². The Labute approximate surface area is 154 Å². The number of anilines is 1. The van der Waals surface area contributed by atoms with Gasteiger partial charge in [-0.3, -0.25) is 0 Å². The van der Waals surface area contributed by atoms with Crippen LogP contribution in [0.1, 0.15) is 19.4 Å². The average molecular weight is 350 g/mol. The molecule has 2 nitrogen and oxygen atoms in total. The Kier molecular flexibility index (Phi) is 4.99. The molecule has 0 radical (unpaired) electrons. The lowest BCUT2D eigenvalue weighted by atomic mass is 10.0. The summed E-state index contributed by atoms with van der Waals surface area (Å²) in [4.78, 5) is 2.04. The van der Waals surface area contributed by atoms with Crippen LogP contribution in [0.3, 0.4) is 0 Å². The lowest BCUT2D eigenvalue weighted by Gasteiger charge is -2.28. The lowest BCUT2D eigenvalue weighted by molar-refractivity contribution is 0.143. The second kappa shape index (κ2) is 7.19. The van der Waals surface area contributed by atoms with E-state index in [1.54, 1.807) is 13.8 Å². The summed E-state index contributed by atoms with van der Waals surface area (Å²) in [6, 6.07) is 16.2. The van der Waals surface area contributed by atoms with Gasteiger partial charge in [0.25, 0.3) is 0 Å². The minimum atomic E-state index is -0.991. The van der Waals surface area contributed by atoms with Crippen molar-refractivity contribution in [2.24, 2.45) is 0 Å². The predicted molar refractivity (Wildman–Crippen MR) is 105 cm³/mol. The molecule has 1 N–H and O–H groups in total. The van der Waals surface area contributed by atoms with Gasteiger partial charge in [-0.25, -0.2) is 0 Å². The first-order valence-electron chi connectivity index (χ1n) is 8.16. The molecule has 25 heavy (non-hydrogen) atoms. The van der Waals surface area contributed by atoms with E-state index in [-0.39, 0.29) is 5.50 Å². The molecule has 0 fully saturated rings. The molecule has 2 aromatic rings. The highest BCUT2D eigenvalue weighted by Crippen LogP contribution is 2.34. The summed E-state index contributed by atoms with van der Waals surface area (Å²) in [7, 11) is 0. The number of hydrogen-bond donors (Lipinski definition) is 1. The van der Waals surface area contributed by atoms with Crippen LogP contribution in [0.5, 0.6) is 0 Å². The van der Waals surface area contributed by atoms with E-state index >= 15 is 0 Å². The Morgan fingerprint density at radius 2 is 1.76 bits per heavy atom. The molecule has 1 unspecified atom stereocenters. The monoisotopic (exact) mass is 349 g/mol. The van der Waals surface area contributed by atoms with Gasteiger partial charge in [0.1, 0.15) is 11.1 Å². The van der Waals surface area contributed by atoms with Crippen molar-refractivity contribution in [3.8, 4) is 23.0 Å². The first-order chi connectivity index (χ1) is 11.9. The van der Waals surface area contributed by atoms with Crippen LogP contribution in [0.4, 0.5) is 5.69 Å². The highest BCUT2D eigenvalue weighted by atomic mass is 35.5. The van der Waals surface area contributed by atoms with E-state index in [0.29, 0.717) is 0 Å². The molecule has 1 atom stereocenters. The third kappa shape index (κ3) is 4.33. The molecule has 2 aromatic carbocycles. The van der Waals surface area contributed by atoms with Gasteiger partial charge in [0.05, 0.1) is 5.69 Å². The van der Waals surface area contributed by atoms with Crippen LogP contribution in [0, 0.1) is 11.8 Å². The molecule has 0 saturated carbocycles. The second-order valence-electron chi connectivity index (χ2n) is 6.41. The highest BCUT2D eigenvalue weighted by molar-refractivity contribution is 6.23. The summed E-state index contributed by atoms with van der Waals surface area (Å²) < 4.78 is 0. The normalized spacial score (nSPS) is 16.5. The topological polar surface area (TPSA) is 23.5 Å². The Morgan fingerprint density at radius 1 is 1.04 bits per heavy atom. The summed E-state index contributed by atoms with van der Waals surface area (Å²) in [6.45, 7) is 3.35. The number of allylic oxidation sites excluding steroid dienone is 2. The van der Waals surface area contributed by atoms with Crippen molar-refractivity contribution in [2.45, 2.75) is 24.9 Å². The molecule has 0 aromatic heterocycles. The van der Waals surface area contributed by atoms with Crippen molar-refractivity contribution >= 4 is 17.3 Å². The van der Waals surface area contributed by atoms with Crippen molar-refractivity contribution in [1.82, 2.24) is 0 Å². The first kappa shape index (κ1) is 17.4. The predicted octanol–water partition coefficient (Wildman–Crippen LogP) is 4.93. The molecule has 1 aliphatic rings. The van der Waals surface area contributed by atoms with Crippen LogP contribution in [-0.4, -0.2) is 16.2 Å². The number of halogens is 1. The van der Waals surface area contributed by atoms with Gasteiger partial charge in [-0.1, -0.05) is 59.8 Å². The molecule has 1 heterocycles. The Bertz CT molecular complexity index is 863. The van der Waals surface area contributed by atoms with Crippen LogP contribution >= 0.6 is 11.6 Å². The average Bonchev–Trinajstić information content (AvgIpc) is 2.60. The molecule has 1 aliphatic heterocycles. The fourth-order valence-electron chi connectivity index (χ4n) is 2.59. The summed E-state index contributed by atoms with van der Waals surface area (Å²) in [5.41, 5.74) is 2.93. The van der Waals surface area contributed by atoms with Gasteiger partial charge >= 0.3 is 0 Å². The van der Waals surface area contributed by atoms with Gasteiger partial charge < -0.3 is 10.0 Å². The van der Waals surface area contributed by atoms with Crippen LogP contribution in [0.15, 0.2) is 73.0 Å². The molecule has 3 heteroatoms. The van der Waals surface area contributed by atoms with E-state index in [1.165, 1.54) is 0 Å². The van der Waals surface area contributed by atoms with Gasteiger partial charge in [0, 0.05) is 17.3 Å². The zero-order valence-corrected chi connectivity index (χ0v) is 15.0. The number of benzene rings is 2. The van der Waals surface area contributed by atoms with Crippen molar-refractivity contribution in [3.05, 3.63) is 78.5 Å². The first-order valence-corrected chi connectivity index (χ1v) is 8.60. The van der Waals surface area contributed by atoms with Crippen molar-refractivity contribution in [2.75, 3.05) is 4.90 Å². The van der Waals surface area contributed by atoms with E-state index in [9.17, 15) is 5.11 Å². The smallest absolute Gasteiger partial charge is 0.127 e. The summed E-state index contributed by atoms with van der Waals surface area (Å²) in [6.07, 6.45) is 7.87. The Balaban J connectivity index is 1.94. The van der Waals surface area contributed by atoms with Crippen molar-refractivity contribution in [3.63, 3.8) is 0 Å². The standard InChI is InChI=1S/C22H20ClNO/c1-22(2,25)15-14-17-10-12-18(13-11-17)19-7-3-4-8-20(19)24-16-6-5-9-21(24)23/h3-13,16,21,25H,1-2H3. The van der Waals surface area contributed by atoms with Crippen molar-refractivity contribution < 1.29 is 5.11 Å². The van der Waals surface area contributed by atoms with E-state index in [0.717, 1.165) is 22.4 Å². The summed E-state index contributed by atoms with van der Waals surface area (Å²) in [5, 5.41) is 9.71. The van der Waals surface area contributed by atoms with Gasteiger partial charge in [-0.05, 0) is 49.8 Å². The van der Waals surface area contributed by atoms with Crippen LogP contribution in [0.25, 0.3) is 11.1 Å². The maximum Gasteiger partial charge on any atom is 0.127 e. The molecular formula is C22H20ClNO. The zero-order valence-electron chi connectivity index (χ0n) is 14.3. The van der Waals surface area contributed by atoms with E-state index in [1.807, 2.05) is 65.7 Å². The number of nitrogens with zero attached hydrogens (tertiary/aromatic N) is 1. The molecule has 0 saturated heterocycles. The zero-order chi connectivity index (χ0) is 17.9. The minimum Gasteiger partial charge on any atom is -0.378 e. The number of hydrogen-bond acceptors (Lipinski definition) is 2. The largest absolute Gasteiger partial charge is 0.378 e. The third-order valence-corrected chi connectivity index (χ3v) is 4.14. The SMILES string of the molecule is CC(C)(O)C#Cc1ccc(-c2ccccc2N2C=CC=CC2Cl)cc1. The molecular weight excluding hydrogens is 330 g/mol. The number of rotatable bonds is 2. The Morgan fingerprint density at radius 3 is 2.44 bits per heavy atom. The highest BCUT2D eigenvalue weighted by Gasteiger charge is 2.17. The maximum absolute atomic E-state index is 9.71. The summed E-state index contributed by atoms with van der Waals surface area (Å²) >= 11 is 6.43. The fourth-order valence-corrected chi connectivity index (χ4v) is 2.84. The molecule has 3 rings (SSSR count). The number of alkyl halides is 1. The van der Waals surface area contributed by atoms with E-state index in [2.05, 4.69) is 24.0 Å². The Hall–Kier alpha value is -2.47. The van der Waals surface area contributed by atoms with Gasteiger partial charge in [0.2, 0.25) is 0 Å². The lowest BCUT2D eigenvalue weighted by Crippen LogP contribution is -2.25. The quantitative estimate of drug-likeness (QED) is 0.472. The number of para-hydroxylation sites is 1. The van der Waals surface area contributed by atoms with Crippen LogP contribution in [0.2, 0.25) is 0 Å². The summed E-state index contributed by atoms with van der Waals surface area (Å²) in [5.74, 6) is 5.83. The molecule has 0 amide bonds. The minimum absolute atomic E-state index is 0.205. The third-order valence-electron chi connectivity index (χ3n) is 3.78. The van der Waals surface area contributed by atoms with E-state index in [4.69, 9.17) is 11.6 Å².